The van der Waals surface area contributed by atoms with Gasteiger partial charge in [-0.25, -0.2) is 21.9 Å². The summed E-state index contributed by atoms with van der Waals surface area (Å²) in [5.74, 6) is -2.96. The van der Waals surface area contributed by atoms with Crippen molar-refractivity contribution in [1.82, 2.24) is 14.3 Å². The molecule has 2 N–H and O–H groups in total. The summed E-state index contributed by atoms with van der Waals surface area (Å²) in [6, 6.07) is 7.10. The van der Waals surface area contributed by atoms with Gasteiger partial charge in [0, 0.05) is 28.3 Å². The first kappa shape index (κ1) is 29.0. The van der Waals surface area contributed by atoms with E-state index in [2.05, 4.69) is 4.98 Å². The van der Waals surface area contributed by atoms with Crippen molar-refractivity contribution in [3.05, 3.63) is 93.0 Å². The minimum atomic E-state index is -4.81. The van der Waals surface area contributed by atoms with Gasteiger partial charge in [-0.3, -0.25) is 9.59 Å². The van der Waals surface area contributed by atoms with Crippen molar-refractivity contribution in [2.24, 2.45) is 0 Å². The number of halogens is 5. The van der Waals surface area contributed by atoms with Gasteiger partial charge >= 0.3 is 6.18 Å². The zero-order valence-corrected chi connectivity index (χ0v) is 21.0. The zero-order valence-electron chi connectivity index (χ0n) is 20.2. The summed E-state index contributed by atoms with van der Waals surface area (Å²) in [6.45, 7) is 0.555. The fourth-order valence-electron chi connectivity index (χ4n) is 4.57. The lowest BCUT2D eigenvalue weighted by molar-refractivity contribution is -0.137. The van der Waals surface area contributed by atoms with Crippen LogP contribution in [0.2, 0.25) is 0 Å². The number of carbonyl (C=O) groups is 1. The fraction of sp³-hybridized carbons (Fsp3) is 0.259. The number of pyridine rings is 1. The number of rotatable bonds is 6. The monoisotopic (exact) mass is 581 g/mol. The van der Waals surface area contributed by atoms with Crippen molar-refractivity contribution in [2.75, 3.05) is 0 Å². The molecule has 0 spiro atoms. The second-order valence-corrected chi connectivity index (χ2v) is 11.3. The third kappa shape index (κ3) is 5.25. The van der Waals surface area contributed by atoms with Gasteiger partial charge in [-0.05, 0) is 67.8 Å². The highest BCUT2D eigenvalue weighted by Gasteiger charge is 2.39. The largest absolute Gasteiger partial charge is 0.416 e. The molecule has 1 aliphatic rings. The number of amides is 1. The molecule has 13 heteroatoms. The Kier molecular flexibility index (Phi) is 7.39. The highest BCUT2D eigenvalue weighted by molar-refractivity contribution is 7.91. The molecule has 0 radical (unpaired) electrons. The molecule has 0 unspecified atom stereocenters. The molecular formula is C27H24F5N3O4S. The van der Waals surface area contributed by atoms with Crippen LogP contribution in [0.3, 0.4) is 0 Å². The van der Waals surface area contributed by atoms with E-state index in [4.69, 9.17) is 0 Å². The van der Waals surface area contributed by atoms with Crippen molar-refractivity contribution < 1.29 is 35.2 Å². The first-order valence-electron chi connectivity index (χ1n) is 11.7. The van der Waals surface area contributed by atoms with Gasteiger partial charge in [0.1, 0.15) is 17.3 Å². The van der Waals surface area contributed by atoms with Crippen molar-refractivity contribution in [2.45, 2.75) is 45.2 Å². The summed E-state index contributed by atoms with van der Waals surface area (Å²) in [4.78, 5) is 28.8. The van der Waals surface area contributed by atoms with E-state index >= 15 is 0 Å². The van der Waals surface area contributed by atoms with Crippen molar-refractivity contribution in [1.29, 1.82) is 0 Å². The van der Waals surface area contributed by atoms with Crippen LogP contribution in [0.4, 0.5) is 22.0 Å². The average molecular weight is 582 g/mol. The quantitative estimate of drug-likeness (QED) is 0.294. The Labute approximate surface area is 225 Å². The molecule has 40 heavy (non-hydrogen) atoms. The van der Waals surface area contributed by atoms with Gasteiger partial charge in [0.25, 0.3) is 11.5 Å². The highest BCUT2D eigenvalue weighted by atomic mass is 32.2. The third-order valence-corrected chi connectivity index (χ3v) is 8.37. The van der Waals surface area contributed by atoms with Crippen LogP contribution in [-0.2, 0) is 22.7 Å². The van der Waals surface area contributed by atoms with Crippen molar-refractivity contribution in [3.63, 3.8) is 0 Å². The second kappa shape index (κ2) is 10.2. The molecule has 212 valence electrons. The molecule has 1 amide bonds. The molecule has 2 aromatic carbocycles. The Bertz CT molecular complexity index is 1810. The Morgan fingerprint density at radius 3 is 2.45 bits per heavy atom. The van der Waals surface area contributed by atoms with E-state index in [-0.39, 0.29) is 40.6 Å². The standard InChI is InChI=1S/C26H20F5N3O4S.CH4/c1-13-9-18-21(11-19(13)26(29,30)31)34(12-14-10-15(27)4-7-20(14)28)23(22(18)17-3-2-8-32-24(17)35)25(36)33-39(37,38)16-5-6-16;/h2-4,7-11,16H,5-6,12H2,1H3,(H,32,35)(H,33,36);1H4. The van der Waals surface area contributed by atoms with Crippen LogP contribution in [0.25, 0.3) is 22.0 Å². The van der Waals surface area contributed by atoms with E-state index in [1.54, 1.807) is 0 Å². The number of carbonyl (C=O) groups excluding carboxylic acids is 1. The SMILES string of the molecule is C.Cc1cc2c(-c3ccc[nH]c3=O)c(C(=O)NS(=O)(=O)C3CC3)n(Cc3cc(F)ccc3F)c2cc1C(F)(F)F. The van der Waals surface area contributed by atoms with Crippen molar-refractivity contribution in [3.8, 4) is 11.1 Å². The average Bonchev–Trinajstić information content (AvgIpc) is 3.66. The number of H-pyrrole nitrogens is 1. The molecule has 2 heterocycles. The topological polar surface area (TPSA) is 101 Å². The van der Waals surface area contributed by atoms with Gasteiger partial charge < -0.3 is 9.55 Å². The molecule has 0 aliphatic heterocycles. The van der Waals surface area contributed by atoms with Gasteiger partial charge in [-0.15, -0.1) is 0 Å². The van der Waals surface area contributed by atoms with E-state index in [9.17, 15) is 40.0 Å². The summed E-state index contributed by atoms with van der Waals surface area (Å²) >= 11 is 0. The second-order valence-electron chi connectivity index (χ2n) is 9.32. The summed E-state index contributed by atoms with van der Waals surface area (Å²) in [6.07, 6.45) is -2.87. The number of benzene rings is 2. The lowest BCUT2D eigenvalue weighted by Gasteiger charge is -2.15. The smallest absolute Gasteiger partial charge is 0.331 e. The molecule has 0 atom stereocenters. The molecule has 4 aromatic rings. The maximum atomic E-state index is 14.7. The maximum Gasteiger partial charge on any atom is 0.416 e. The number of sulfonamides is 1. The van der Waals surface area contributed by atoms with Crippen LogP contribution in [-0.4, -0.2) is 29.1 Å². The first-order valence-corrected chi connectivity index (χ1v) is 13.2. The summed E-state index contributed by atoms with van der Waals surface area (Å²) < 4.78 is 98.6. The molecule has 1 fully saturated rings. The molecular weight excluding hydrogens is 557 g/mol. The number of nitrogens with zero attached hydrogens (tertiary/aromatic N) is 1. The predicted molar refractivity (Wildman–Crippen MR) is 139 cm³/mol. The van der Waals surface area contributed by atoms with Crippen LogP contribution in [0.5, 0.6) is 0 Å². The number of nitrogens with one attached hydrogen (secondary N) is 2. The number of hydrogen-bond acceptors (Lipinski definition) is 4. The Hall–Kier alpha value is -4.00. The third-order valence-electron chi connectivity index (χ3n) is 6.55. The summed E-state index contributed by atoms with van der Waals surface area (Å²) in [7, 11) is -4.14. The van der Waals surface area contributed by atoms with E-state index in [1.165, 1.54) is 25.3 Å². The molecule has 0 saturated heterocycles. The molecule has 0 bridgehead atoms. The molecule has 2 aromatic heterocycles. The van der Waals surface area contributed by atoms with E-state index in [0.717, 1.165) is 34.9 Å². The fourth-order valence-corrected chi connectivity index (χ4v) is 5.85. The van der Waals surface area contributed by atoms with Crippen LogP contribution >= 0.6 is 0 Å². The molecule has 7 nitrogen and oxygen atoms in total. The number of aryl methyl sites for hydroxylation is 1. The van der Waals surface area contributed by atoms with E-state index < -0.39 is 62.4 Å². The van der Waals surface area contributed by atoms with Gasteiger partial charge in [-0.2, -0.15) is 13.2 Å². The highest BCUT2D eigenvalue weighted by Crippen LogP contribution is 2.40. The summed E-state index contributed by atoms with van der Waals surface area (Å²) in [5.41, 5.74) is -3.30. The lowest BCUT2D eigenvalue weighted by Crippen LogP contribution is -2.35. The van der Waals surface area contributed by atoms with E-state index in [0.29, 0.717) is 12.8 Å². The lowest BCUT2D eigenvalue weighted by atomic mass is 9.99. The number of alkyl halides is 3. The van der Waals surface area contributed by atoms with Gasteiger partial charge in [0.2, 0.25) is 10.0 Å². The molecule has 5 rings (SSSR count). The number of fused-ring (bicyclic) bond motifs is 1. The number of aromatic amines is 1. The van der Waals surface area contributed by atoms with Gasteiger partial charge in [0.15, 0.2) is 0 Å². The Morgan fingerprint density at radius 1 is 1.12 bits per heavy atom. The van der Waals surface area contributed by atoms with Gasteiger partial charge in [0.05, 0.1) is 22.9 Å². The van der Waals surface area contributed by atoms with Crippen LogP contribution < -0.4 is 10.3 Å². The minimum absolute atomic E-state index is 0. The van der Waals surface area contributed by atoms with Crippen LogP contribution in [0.15, 0.2) is 53.5 Å². The minimum Gasteiger partial charge on any atom is -0.331 e. The van der Waals surface area contributed by atoms with E-state index in [1.807, 2.05) is 4.72 Å². The van der Waals surface area contributed by atoms with Crippen molar-refractivity contribution >= 4 is 26.8 Å². The number of aromatic nitrogens is 2. The molecule has 1 saturated carbocycles. The maximum absolute atomic E-state index is 14.7. The van der Waals surface area contributed by atoms with Crippen LogP contribution in [0, 0.1) is 18.6 Å². The van der Waals surface area contributed by atoms with Crippen LogP contribution in [0.1, 0.15) is 47.4 Å². The van der Waals surface area contributed by atoms with Gasteiger partial charge in [-0.1, -0.05) is 7.43 Å². The molecule has 1 aliphatic carbocycles. The Morgan fingerprint density at radius 2 is 1.82 bits per heavy atom. The predicted octanol–water partition coefficient (Wildman–Crippen LogP) is 5.51. The summed E-state index contributed by atoms with van der Waals surface area (Å²) in [5, 5.41) is -0.800. The normalized spacial score (nSPS) is 13.8. The number of hydrogen-bond donors (Lipinski definition) is 2. The zero-order chi connectivity index (χ0) is 28.3. The first-order chi connectivity index (χ1) is 18.3. The Balaban J connectivity index is 0.00000370.